The average Bonchev–Trinajstić information content (AvgIpc) is 3.09. The lowest BCUT2D eigenvalue weighted by atomic mass is 9.44. The molecule has 7 unspecified atom stereocenters. The molecule has 3 fully saturated rings. The predicted octanol–water partition coefficient (Wildman–Crippen LogP) is 4.75. The second-order valence-electron chi connectivity index (χ2n) is 10.8. The van der Waals surface area contributed by atoms with E-state index in [0.29, 0.717) is 35.9 Å². The van der Waals surface area contributed by atoms with E-state index in [1.807, 2.05) is 18.2 Å². The minimum atomic E-state index is -0.225. The smallest absolute Gasteiger partial charge is 0.155 e. The molecule has 5 nitrogen and oxygen atoms in total. The second-order valence-corrected chi connectivity index (χ2v) is 11.5. The first-order valence-corrected chi connectivity index (χ1v) is 12.8. The van der Waals surface area contributed by atoms with Crippen LogP contribution < -0.4 is 8.91 Å². The zero-order valence-corrected chi connectivity index (χ0v) is 19.9. The number of fused-ring (bicyclic) bond motifs is 5. The van der Waals surface area contributed by atoms with Gasteiger partial charge in [0, 0.05) is 6.42 Å². The molecule has 4 aliphatic carbocycles. The van der Waals surface area contributed by atoms with Gasteiger partial charge in [0.1, 0.15) is 24.7 Å². The van der Waals surface area contributed by atoms with Crippen LogP contribution in [-0.2, 0) is 4.79 Å². The summed E-state index contributed by atoms with van der Waals surface area (Å²) in [7, 11) is 0. The zero-order chi connectivity index (χ0) is 22.5. The molecule has 5 rings (SSSR count). The summed E-state index contributed by atoms with van der Waals surface area (Å²) in [5.41, 5.74) is 2.70. The summed E-state index contributed by atoms with van der Waals surface area (Å²) in [4.78, 5) is 12.2. The SMILES string of the molecule is CC12CCC(=O)C=C1CCC1C2C(c2ccc(OSNCO)cc2)CC2(C)C(O)CCC12. The van der Waals surface area contributed by atoms with Crippen molar-refractivity contribution in [3.63, 3.8) is 0 Å². The van der Waals surface area contributed by atoms with Crippen molar-refractivity contribution in [2.24, 2.45) is 28.6 Å². The molecular formula is C26H35NO4S. The van der Waals surface area contributed by atoms with E-state index in [9.17, 15) is 9.90 Å². The summed E-state index contributed by atoms with van der Waals surface area (Å²) >= 11 is 1.02. The maximum absolute atomic E-state index is 12.2. The number of nitrogens with one attached hydrogen (secondary N) is 1. The Bertz CT molecular complexity index is 902. The molecule has 1 aromatic rings. The van der Waals surface area contributed by atoms with E-state index in [4.69, 9.17) is 9.29 Å². The molecule has 0 bridgehead atoms. The molecule has 3 saturated carbocycles. The summed E-state index contributed by atoms with van der Waals surface area (Å²) in [6, 6.07) is 8.36. The molecule has 32 heavy (non-hydrogen) atoms. The van der Waals surface area contributed by atoms with Gasteiger partial charge in [0.15, 0.2) is 5.78 Å². The van der Waals surface area contributed by atoms with Gasteiger partial charge in [-0.05, 0) is 96.8 Å². The largest absolute Gasteiger partial charge is 0.410 e. The lowest BCUT2D eigenvalue weighted by Crippen LogP contribution is -2.54. The van der Waals surface area contributed by atoms with Crippen molar-refractivity contribution < 1.29 is 19.2 Å². The first-order valence-electron chi connectivity index (χ1n) is 12.1. The summed E-state index contributed by atoms with van der Waals surface area (Å²) in [5, 5.41) is 19.9. The first kappa shape index (κ1) is 22.5. The van der Waals surface area contributed by atoms with Crippen LogP contribution in [0.2, 0.25) is 0 Å². The third-order valence-corrected chi connectivity index (χ3v) is 9.97. The van der Waals surface area contributed by atoms with Crippen molar-refractivity contribution in [2.75, 3.05) is 6.73 Å². The number of hydrogen-bond acceptors (Lipinski definition) is 6. The van der Waals surface area contributed by atoms with E-state index in [0.717, 1.165) is 56.5 Å². The number of hydrogen-bond donors (Lipinski definition) is 3. The van der Waals surface area contributed by atoms with Crippen LogP contribution >= 0.6 is 12.2 Å². The van der Waals surface area contributed by atoms with Crippen molar-refractivity contribution in [1.29, 1.82) is 0 Å². The maximum Gasteiger partial charge on any atom is 0.155 e. The van der Waals surface area contributed by atoms with E-state index >= 15 is 0 Å². The fourth-order valence-corrected chi connectivity index (χ4v) is 8.24. The van der Waals surface area contributed by atoms with Crippen molar-refractivity contribution in [2.45, 2.75) is 70.8 Å². The van der Waals surface area contributed by atoms with Crippen LogP contribution in [0.1, 0.15) is 70.3 Å². The average molecular weight is 458 g/mol. The molecule has 0 aliphatic heterocycles. The van der Waals surface area contributed by atoms with Crippen LogP contribution in [0.4, 0.5) is 0 Å². The van der Waals surface area contributed by atoms with Crippen LogP contribution in [-0.4, -0.2) is 28.8 Å². The molecule has 4 aliphatic rings. The topological polar surface area (TPSA) is 78.8 Å². The lowest BCUT2D eigenvalue weighted by molar-refractivity contribution is -0.118. The van der Waals surface area contributed by atoms with Gasteiger partial charge in [0.05, 0.1) is 6.10 Å². The third kappa shape index (κ3) is 3.54. The number of allylic oxidation sites excluding steroid dienone is 1. The van der Waals surface area contributed by atoms with Gasteiger partial charge in [-0.3, -0.25) is 4.79 Å². The van der Waals surface area contributed by atoms with Crippen molar-refractivity contribution in [3.8, 4) is 5.75 Å². The first-order chi connectivity index (χ1) is 15.4. The van der Waals surface area contributed by atoms with Gasteiger partial charge in [-0.15, -0.1) is 0 Å². The molecule has 0 amide bonds. The number of aliphatic hydroxyl groups excluding tert-OH is 2. The van der Waals surface area contributed by atoms with Gasteiger partial charge in [0.2, 0.25) is 0 Å². The fraction of sp³-hybridized carbons (Fsp3) is 0.654. The zero-order valence-electron chi connectivity index (χ0n) is 19.0. The Morgan fingerprint density at radius 3 is 2.69 bits per heavy atom. The number of aliphatic hydroxyl groups is 2. The summed E-state index contributed by atoms with van der Waals surface area (Å²) in [5.74, 6) is 3.05. The van der Waals surface area contributed by atoms with Crippen molar-refractivity contribution in [3.05, 3.63) is 41.5 Å². The minimum absolute atomic E-state index is 0.0377. The highest BCUT2D eigenvalue weighted by Gasteiger charge is 2.62. The molecule has 3 N–H and O–H groups in total. The Balaban J connectivity index is 1.52. The van der Waals surface area contributed by atoms with Crippen LogP contribution in [0.3, 0.4) is 0 Å². The molecule has 0 heterocycles. The Hall–Kier alpha value is -1.34. The lowest BCUT2D eigenvalue weighted by Gasteiger charge is -2.61. The molecule has 0 radical (unpaired) electrons. The standard InChI is InChI=1S/C26H35NO4S/c1-25-12-11-18(29)13-17(25)5-8-20-22-9-10-23(30)26(22,2)14-21(24(20)25)16-3-6-19(7-4-16)31-32-27-15-28/h3-4,6-7,13,20-24,27-28,30H,5,8-12,14-15H2,1-2H3. The van der Waals surface area contributed by atoms with Crippen molar-refractivity contribution >= 4 is 18.0 Å². The molecule has 6 heteroatoms. The van der Waals surface area contributed by atoms with E-state index in [1.165, 1.54) is 11.1 Å². The fourth-order valence-electron chi connectivity index (χ4n) is 7.92. The van der Waals surface area contributed by atoms with E-state index < -0.39 is 0 Å². The molecule has 0 spiro atoms. The van der Waals surface area contributed by atoms with E-state index in [2.05, 4.69) is 30.7 Å². The van der Waals surface area contributed by atoms with E-state index in [-0.39, 0.29) is 23.7 Å². The molecule has 0 aromatic heterocycles. The quantitative estimate of drug-likeness (QED) is 0.256. The number of rotatable bonds is 5. The number of benzene rings is 1. The Morgan fingerprint density at radius 1 is 1.16 bits per heavy atom. The Kier molecular flexibility index (Phi) is 5.94. The number of carbonyl (C=O) groups excluding carboxylic acids is 1. The number of carbonyl (C=O) groups is 1. The minimum Gasteiger partial charge on any atom is -0.410 e. The molecular weight excluding hydrogens is 422 g/mol. The van der Waals surface area contributed by atoms with Crippen LogP contribution in [0.15, 0.2) is 35.9 Å². The highest BCUT2D eigenvalue weighted by Crippen LogP contribution is 2.68. The van der Waals surface area contributed by atoms with Gasteiger partial charge in [-0.1, -0.05) is 31.6 Å². The van der Waals surface area contributed by atoms with Crippen LogP contribution in [0.5, 0.6) is 5.75 Å². The Morgan fingerprint density at radius 2 is 1.94 bits per heavy atom. The predicted molar refractivity (Wildman–Crippen MR) is 126 cm³/mol. The molecule has 174 valence electrons. The van der Waals surface area contributed by atoms with Gasteiger partial charge in [-0.2, -0.15) is 0 Å². The van der Waals surface area contributed by atoms with Gasteiger partial charge in [0.25, 0.3) is 0 Å². The highest BCUT2D eigenvalue weighted by atomic mass is 32.2. The normalized spacial score (nSPS) is 40.8. The van der Waals surface area contributed by atoms with E-state index in [1.54, 1.807) is 0 Å². The molecule has 1 aromatic carbocycles. The van der Waals surface area contributed by atoms with Crippen LogP contribution in [0, 0.1) is 28.6 Å². The highest BCUT2D eigenvalue weighted by molar-refractivity contribution is 7.93. The van der Waals surface area contributed by atoms with Crippen LogP contribution in [0.25, 0.3) is 0 Å². The van der Waals surface area contributed by atoms with Gasteiger partial charge < -0.3 is 14.4 Å². The summed E-state index contributed by atoms with van der Waals surface area (Å²) in [6.07, 6.45) is 8.55. The monoisotopic (exact) mass is 457 g/mol. The molecule has 7 atom stereocenters. The Labute approximate surface area is 195 Å². The summed E-state index contributed by atoms with van der Waals surface area (Å²) in [6.45, 7) is 4.59. The maximum atomic E-state index is 12.2. The molecule has 0 saturated heterocycles. The van der Waals surface area contributed by atoms with Gasteiger partial charge in [-0.25, -0.2) is 4.72 Å². The van der Waals surface area contributed by atoms with Gasteiger partial charge >= 0.3 is 0 Å². The summed E-state index contributed by atoms with van der Waals surface area (Å²) < 4.78 is 8.25. The van der Waals surface area contributed by atoms with Crippen molar-refractivity contribution in [1.82, 2.24) is 4.72 Å². The third-order valence-electron chi connectivity index (χ3n) is 9.44. The number of ketones is 1. The second kappa shape index (κ2) is 8.46.